The number of carbonyl (C=O) groups is 1. The Bertz CT molecular complexity index is 808. The van der Waals surface area contributed by atoms with Gasteiger partial charge in [0.2, 0.25) is 0 Å². The Balaban J connectivity index is 0.00000227. The van der Waals surface area contributed by atoms with Gasteiger partial charge in [-0.05, 0) is 44.7 Å². The van der Waals surface area contributed by atoms with Crippen LogP contribution in [0.25, 0.3) is 10.9 Å². The molecule has 180 valence electrons. The molecule has 2 rings (SSSR count). The van der Waals surface area contributed by atoms with Crippen LogP contribution < -0.4 is 0 Å². The first-order valence-corrected chi connectivity index (χ1v) is 11.7. The van der Waals surface area contributed by atoms with Crippen molar-refractivity contribution < 1.29 is 14.6 Å². The fraction of sp³-hybridized carbons (Fsp3) is 0.519. The predicted molar refractivity (Wildman–Crippen MR) is 137 cm³/mol. The summed E-state index contributed by atoms with van der Waals surface area (Å²) in [6.07, 6.45) is 5.82. The van der Waals surface area contributed by atoms with E-state index in [1.807, 2.05) is 91.1 Å². The van der Waals surface area contributed by atoms with Crippen LogP contribution in [-0.4, -0.2) is 52.5 Å². The second kappa shape index (κ2) is 15.4. The van der Waals surface area contributed by atoms with E-state index in [2.05, 4.69) is 18.1 Å². The Morgan fingerprint density at radius 2 is 1.69 bits per heavy atom. The first-order valence-electron chi connectivity index (χ1n) is 11.7. The number of rotatable bonds is 9. The molecule has 0 aliphatic heterocycles. The van der Waals surface area contributed by atoms with Gasteiger partial charge in [0, 0.05) is 37.8 Å². The van der Waals surface area contributed by atoms with Gasteiger partial charge < -0.3 is 9.84 Å². The molecule has 32 heavy (non-hydrogen) atoms. The number of ether oxygens (including phenoxy) is 1. The molecule has 0 spiro atoms. The number of para-hydroxylation sites is 1. The minimum Gasteiger partial charge on any atom is -0.443 e. The van der Waals surface area contributed by atoms with Crippen molar-refractivity contribution in [1.82, 2.24) is 9.47 Å². The van der Waals surface area contributed by atoms with Gasteiger partial charge in [-0.2, -0.15) is 0 Å². The van der Waals surface area contributed by atoms with E-state index in [-0.39, 0.29) is 12.5 Å². The fourth-order valence-electron chi connectivity index (χ4n) is 3.33. The Kier molecular flexibility index (Phi) is 14.3. The number of fused-ring (bicyclic) bond motifs is 1. The van der Waals surface area contributed by atoms with E-state index >= 15 is 0 Å². The molecule has 1 atom stereocenters. The fourth-order valence-corrected chi connectivity index (χ4v) is 3.33. The Morgan fingerprint density at radius 1 is 1.12 bits per heavy atom. The molecule has 0 aliphatic rings. The summed E-state index contributed by atoms with van der Waals surface area (Å²) in [5, 5.41) is 10.9. The number of aliphatic hydroxyl groups is 1. The predicted octanol–water partition coefficient (Wildman–Crippen LogP) is 6.30. The minimum absolute atomic E-state index is 0.0396. The van der Waals surface area contributed by atoms with Crippen molar-refractivity contribution in [3.63, 3.8) is 0 Å². The summed E-state index contributed by atoms with van der Waals surface area (Å²) in [6.45, 7) is 23.4. The molecule has 1 aromatic heterocycles. The average molecular weight is 445 g/mol. The highest BCUT2D eigenvalue weighted by Gasteiger charge is 2.22. The maximum Gasteiger partial charge on any atom is 0.419 e. The molecule has 0 saturated carbocycles. The van der Waals surface area contributed by atoms with Gasteiger partial charge in [-0.3, -0.25) is 9.47 Å². The van der Waals surface area contributed by atoms with E-state index in [1.165, 1.54) is 0 Å². The van der Waals surface area contributed by atoms with Gasteiger partial charge in [0.05, 0.1) is 5.52 Å². The van der Waals surface area contributed by atoms with Crippen molar-refractivity contribution >= 4 is 17.0 Å². The second-order valence-corrected chi connectivity index (χ2v) is 8.07. The standard InChI is InChI=1S/C23H32N2O3.2C2H6/c1-6-12-24(13-7-2)15-18(17-26)14-19-16-25(22(27)28-23(3,4)5)21-11-9-8-10-20(19)21;2*1-2/h6-11,16,18,26H,1-2,12-15,17H2,3-5H3;2*1-2H3. The van der Waals surface area contributed by atoms with Gasteiger partial charge in [0.25, 0.3) is 0 Å². The second-order valence-electron chi connectivity index (χ2n) is 8.07. The van der Waals surface area contributed by atoms with E-state index in [0.29, 0.717) is 6.42 Å². The van der Waals surface area contributed by atoms with Crippen LogP contribution in [0.1, 0.15) is 54.0 Å². The topological polar surface area (TPSA) is 54.7 Å². The highest BCUT2D eigenvalue weighted by molar-refractivity contribution is 5.92. The van der Waals surface area contributed by atoms with Crippen LogP contribution >= 0.6 is 0 Å². The van der Waals surface area contributed by atoms with Gasteiger partial charge in [0.1, 0.15) is 5.60 Å². The zero-order chi connectivity index (χ0) is 24.7. The van der Waals surface area contributed by atoms with E-state index in [4.69, 9.17) is 4.74 Å². The van der Waals surface area contributed by atoms with E-state index in [0.717, 1.165) is 36.1 Å². The van der Waals surface area contributed by atoms with Crippen LogP contribution in [-0.2, 0) is 11.2 Å². The van der Waals surface area contributed by atoms with Gasteiger partial charge in [-0.1, -0.05) is 58.0 Å². The lowest BCUT2D eigenvalue weighted by atomic mass is 9.99. The summed E-state index contributed by atoms with van der Waals surface area (Å²) < 4.78 is 7.11. The number of hydrogen-bond acceptors (Lipinski definition) is 4. The lowest BCUT2D eigenvalue weighted by molar-refractivity contribution is 0.0544. The van der Waals surface area contributed by atoms with E-state index in [1.54, 1.807) is 4.57 Å². The molecule has 2 aromatic rings. The zero-order valence-electron chi connectivity index (χ0n) is 21.2. The van der Waals surface area contributed by atoms with Crippen molar-refractivity contribution in [2.24, 2.45) is 5.92 Å². The lowest BCUT2D eigenvalue weighted by Crippen LogP contribution is -2.32. The number of aromatic nitrogens is 1. The smallest absolute Gasteiger partial charge is 0.419 e. The third kappa shape index (κ3) is 9.41. The Hall–Kier alpha value is -2.37. The van der Waals surface area contributed by atoms with Gasteiger partial charge >= 0.3 is 6.09 Å². The molecular weight excluding hydrogens is 400 g/mol. The summed E-state index contributed by atoms with van der Waals surface area (Å²) in [7, 11) is 0. The van der Waals surface area contributed by atoms with Crippen LogP contribution in [0.4, 0.5) is 4.79 Å². The molecule has 1 aromatic carbocycles. The first-order chi connectivity index (χ1) is 15.3. The van der Waals surface area contributed by atoms with Crippen molar-refractivity contribution in [2.75, 3.05) is 26.2 Å². The van der Waals surface area contributed by atoms with Crippen molar-refractivity contribution in [3.8, 4) is 0 Å². The number of carbonyl (C=O) groups excluding carboxylic acids is 1. The van der Waals surface area contributed by atoms with Crippen LogP contribution in [0.3, 0.4) is 0 Å². The third-order valence-electron chi connectivity index (χ3n) is 4.44. The molecule has 0 fully saturated rings. The summed E-state index contributed by atoms with van der Waals surface area (Å²) >= 11 is 0. The summed E-state index contributed by atoms with van der Waals surface area (Å²) in [6, 6.07) is 7.79. The lowest BCUT2D eigenvalue weighted by Gasteiger charge is -2.24. The van der Waals surface area contributed by atoms with Crippen molar-refractivity contribution in [1.29, 1.82) is 0 Å². The number of hydrogen-bond donors (Lipinski definition) is 1. The molecule has 0 saturated heterocycles. The molecule has 1 heterocycles. The van der Waals surface area contributed by atoms with Crippen LogP contribution in [0.5, 0.6) is 0 Å². The quantitative estimate of drug-likeness (QED) is 0.461. The Morgan fingerprint density at radius 3 is 2.19 bits per heavy atom. The average Bonchev–Trinajstić information content (AvgIpc) is 3.14. The number of aliphatic hydroxyl groups excluding tert-OH is 1. The number of nitrogens with zero attached hydrogens (tertiary/aromatic N) is 2. The maximum atomic E-state index is 12.7. The van der Waals surface area contributed by atoms with Crippen molar-refractivity contribution in [3.05, 3.63) is 61.3 Å². The number of benzene rings is 1. The van der Waals surface area contributed by atoms with Crippen molar-refractivity contribution in [2.45, 2.75) is 60.5 Å². The molecule has 0 aliphatic carbocycles. The highest BCUT2D eigenvalue weighted by atomic mass is 16.6. The first kappa shape index (κ1) is 29.6. The van der Waals surface area contributed by atoms with Crippen LogP contribution in [0.2, 0.25) is 0 Å². The monoisotopic (exact) mass is 444 g/mol. The van der Waals surface area contributed by atoms with E-state index < -0.39 is 11.7 Å². The Labute approximate surface area is 195 Å². The summed E-state index contributed by atoms with van der Waals surface area (Å²) in [4.78, 5) is 14.8. The maximum absolute atomic E-state index is 12.7. The molecule has 1 unspecified atom stereocenters. The van der Waals surface area contributed by atoms with Gasteiger partial charge in [0.15, 0.2) is 0 Å². The summed E-state index contributed by atoms with van der Waals surface area (Å²) in [5.41, 5.74) is 1.28. The molecule has 5 heteroatoms. The minimum atomic E-state index is -0.563. The molecule has 0 radical (unpaired) electrons. The zero-order valence-corrected chi connectivity index (χ0v) is 21.2. The van der Waals surface area contributed by atoms with Gasteiger partial charge in [-0.15, -0.1) is 13.2 Å². The third-order valence-corrected chi connectivity index (χ3v) is 4.44. The van der Waals surface area contributed by atoms with E-state index in [9.17, 15) is 9.90 Å². The highest BCUT2D eigenvalue weighted by Crippen LogP contribution is 2.25. The molecule has 1 N–H and O–H groups in total. The molecule has 0 bridgehead atoms. The molecular formula is C27H44N2O3. The molecule has 0 amide bonds. The molecule has 5 nitrogen and oxygen atoms in total. The SMILES string of the molecule is C=CCN(CC=C)CC(CO)Cc1cn(C(=O)OC(C)(C)C)c2ccccc12.CC.CC. The van der Waals surface area contributed by atoms with Gasteiger partial charge in [-0.25, -0.2) is 4.79 Å². The largest absolute Gasteiger partial charge is 0.443 e. The van der Waals surface area contributed by atoms with Crippen LogP contribution in [0, 0.1) is 5.92 Å². The summed E-state index contributed by atoms with van der Waals surface area (Å²) in [5.74, 6) is 0.0396. The van der Waals surface area contributed by atoms with Crippen LogP contribution in [0.15, 0.2) is 55.8 Å². The normalized spacial score (nSPS) is 11.7.